The van der Waals surface area contributed by atoms with Crippen LogP contribution in [0.5, 0.6) is 0 Å². The molecule has 1 aromatic carbocycles. The summed E-state index contributed by atoms with van der Waals surface area (Å²) in [5.74, 6) is -0.129. The lowest BCUT2D eigenvalue weighted by atomic mass is 10.1. The minimum Gasteiger partial charge on any atom is -0.411 e. The van der Waals surface area contributed by atoms with Crippen LogP contribution in [0.15, 0.2) is 27.8 Å². The van der Waals surface area contributed by atoms with Crippen molar-refractivity contribution in [1.82, 2.24) is 0 Å². The highest BCUT2D eigenvalue weighted by Crippen LogP contribution is 2.34. The Morgan fingerprint density at radius 2 is 2.21 bits per heavy atom. The minimum atomic E-state index is -0.354. The van der Waals surface area contributed by atoms with Crippen molar-refractivity contribution in [2.45, 2.75) is 12.8 Å². The Morgan fingerprint density at radius 1 is 1.50 bits per heavy atom. The lowest BCUT2D eigenvalue weighted by molar-refractivity contribution is 0.317. The van der Waals surface area contributed by atoms with Gasteiger partial charge in [-0.15, -0.1) is 0 Å². The maximum absolute atomic E-state index is 13.6. The smallest absolute Gasteiger partial charge is 0.146 e. The molecule has 74 valence electrons. The van der Waals surface area contributed by atoms with Gasteiger partial charge in [0, 0.05) is 11.5 Å². The largest absolute Gasteiger partial charge is 0.411 e. The van der Waals surface area contributed by atoms with Crippen LogP contribution in [0.1, 0.15) is 18.4 Å². The average molecular weight is 258 g/mol. The van der Waals surface area contributed by atoms with Crippen molar-refractivity contribution < 1.29 is 9.60 Å². The Morgan fingerprint density at radius 3 is 2.79 bits per heavy atom. The average Bonchev–Trinajstić information content (AvgIpc) is 2.97. The van der Waals surface area contributed by atoms with Crippen molar-refractivity contribution in [3.05, 3.63) is 34.1 Å². The summed E-state index contributed by atoms with van der Waals surface area (Å²) in [5.41, 5.74) is 0.855. The van der Waals surface area contributed by atoms with Crippen LogP contribution in [0, 0.1) is 11.7 Å². The molecule has 0 unspecified atom stereocenters. The van der Waals surface area contributed by atoms with E-state index in [1.807, 2.05) is 0 Å². The molecule has 0 saturated heterocycles. The van der Waals surface area contributed by atoms with E-state index in [2.05, 4.69) is 21.1 Å². The van der Waals surface area contributed by atoms with Gasteiger partial charge in [-0.2, -0.15) is 0 Å². The van der Waals surface area contributed by atoms with Gasteiger partial charge in [-0.25, -0.2) is 4.39 Å². The molecule has 14 heavy (non-hydrogen) atoms. The van der Waals surface area contributed by atoms with Gasteiger partial charge < -0.3 is 5.21 Å². The number of rotatable bonds is 2. The van der Waals surface area contributed by atoms with Gasteiger partial charge in [0.15, 0.2) is 0 Å². The Labute approximate surface area is 89.6 Å². The molecule has 2 rings (SSSR count). The summed E-state index contributed by atoms with van der Waals surface area (Å²) in [6.45, 7) is 0. The molecule has 0 spiro atoms. The quantitative estimate of drug-likeness (QED) is 0.493. The molecule has 0 heterocycles. The highest BCUT2D eigenvalue weighted by molar-refractivity contribution is 9.10. The van der Waals surface area contributed by atoms with E-state index in [4.69, 9.17) is 5.21 Å². The molecule has 1 fully saturated rings. The van der Waals surface area contributed by atoms with Crippen molar-refractivity contribution in [2.24, 2.45) is 11.1 Å². The lowest BCUT2D eigenvalue weighted by Gasteiger charge is -2.05. The summed E-state index contributed by atoms with van der Waals surface area (Å²) in [7, 11) is 0. The van der Waals surface area contributed by atoms with Crippen molar-refractivity contribution in [1.29, 1.82) is 0 Å². The molecule has 1 aliphatic carbocycles. The summed E-state index contributed by atoms with van der Waals surface area (Å²) in [6.07, 6.45) is 1.96. The Balaban J connectivity index is 2.44. The first-order chi connectivity index (χ1) is 6.74. The third kappa shape index (κ3) is 1.66. The van der Waals surface area contributed by atoms with Gasteiger partial charge >= 0.3 is 0 Å². The zero-order chi connectivity index (χ0) is 10.1. The van der Waals surface area contributed by atoms with Crippen LogP contribution >= 0.6 is 15.9 Å². The monoisotopic (exact) mass is 257 g/mol. The predicted octanol–water partition coefficient (Wildman–Crippen LogP) is 3.18. The minimum absolute atomic E-state index is 0.226. The van der Waals surface area contributed by atoms with Crippen molar-refractivity contribution in [2.75, 3.05) is 0 Å². The van der Waals surface area contributed by atoms with E-state index in [1.165, 1.54) is 0 Å². The number of oxime groups is 1. The molecule has 0 atom stereocenters. The van der Waals surface area contributed by atoms with Crippen LogP contribution < -0.4 is 0 Å². The predicted molar refractivity (Wildman–Crippen MR) is 55.1 cm³/mol. The molecule has 0 aliphatic heterocycles. The van der Waals surface area contributed by atoms with Gasteiger partial charge in [0.1, 0.15) is 5.82 Å². The second kappa shape index (κ2) is 3.69. The molecule has 0 bridgehead atoms. The van der Waals surface area contributed by atoms with Gasteiger partial charge in [0.2, 0.25) is 0 Å². The van der Waals surface area contributed by atoms with Gasteiger partial charge in [-0.05, 0) is 40.9 Å². The molecular weight excluding hydrogens is 249 g/mol. The second-order valence-corrected chi connectivity index (χ2v) is 4.22. The number of nitrogens with zero attached hydrogens (tertiary/aromatic N) is 1. The molecule has 1 saturated carbocycles. The molecular formula is C10H9BrFNO. The van der Waals surface area contributed by atoms with Crippen LogP contribution in [-0.2, 0) is 0 Å². The molecule has 0 aromatic heterocycles. The van der Waals surface area contributed by atoms with Crippen molar-refractivity contribution >= 4 is 21.6 Å². The highest BCUT2D eigenvalue weighted by atomic mass is 79.9. The zero-order valence-electron chi connectivity index (χ0n) is 7.37. The van der Waals surface area contributed by atoms with E-state index < -0.39 is 0 Å². The number of benzene rings is 1. The normalized spacial score (nSPS) is 17.1. The number of hydrogen-bond donors (Lipinski definition) is 1. The van der Waals surface area contributed by atoms with Crippen LogP contribution in [0.4, 0.5) is 4.39 Å². The zero-order valence-corrected chi connectivity index (χ0v) is 8.96. The van der Waals surface area contributed by atoms with Gasteiger partial charge in [-0.3, -0.25) is 0 Å². The maximum atomic E-state index is 13.6. The number of hydrogen-bond acceptors (Lipinski definition) is 2. The highest BCUT2D eigenvalue weighted by Gasteiger charge is 2.31. The topological polar surface area (TPSA) is 32.6 Å². The SMILES string of the molecule is O/N=C(\c1cccc(Br)c1F)C1CC1. The fourth-order valence-electron chi connectivity index (χ4n) is 1.41. The van der Waals surface area contributed by atoms with Crippen molar-refractivity contribution in [3.63, 3.8) is 0 Å². The van der Waals surface area contributed by atoms with Crippen LogP contribution in [0.3, 0.4) is 0 Å². The molecule has 0 radical (unpaired) electrons. The molecule has 1 aliphatic rings. The van der Waals surface area contributed by atoms with Crippen LogP contribution in [0.25, 0.3) is 0 Å². The molecule has 1 N–H and O–H groups in total. The van der Waals surface area contributed by atoms with E-state index >= 15 is 0 Å². The van der Waals surface area contributed by atoms with Gasteiger partial charge in [0.25, 0.3) is 0 Å². The third-order valence-electron chi connectivity index (χ3n) is 2.30. The Kier molecular flexibility index (Phi) is 2.54. The van der Waals surface area contributed by atoms with E-state index in [0.717, 1.165) is 12.8 Å². The van der Waals surface area contributed by atoms with Gasteiger partial charge in [-0.1, -0.05) is 11.2 Å². The summed E-state index contributed by atoms with van der Waals surface area (Å²) in [5, 5.41) is 12.0. The summed E-state index contributed by atoms with van der Waals surface area (Å²) in [6, 6.07) is 4.99. The fourth-order valence-corrected chi connectivity index (χ4v) is 1.78. The number of halogens is 2. The first-order valence-corrected chi connectivity index (χ1v) is 5.19. The fraction of sp³-hybridized carbons (Fsp3) is 0.300. The summed E-state index contributed by atoms with van der Waals surface area (Å²) < 4.78 is 14.0. The lowest BCUT2D eigenvalue weighted by Crippen LogP contribution is -2.06. The molecule has 1 aromatic rings. The standard InChI is InChI=1S/C10H9BrFNO/c11-8-3-1-2-7(9(8)12)10(13-14)6-4-5-6/h1-3,6,14H,4-5H2/b13-10-. The molecule has 2 nitrogen and oxygen atoms in total. The third-order valence-corrected chi connectivity index (χ3v) is 2.91. The van der Waals surface area contributed by atoms with E-state index in [-0.39, 0.29) is 11.7 Å². The van der Waals surface area contributed by atoms with Crippen molar-refractivity contribution in [3.8, 4) is 0 Å². The summed E-state index contributed by atoms with van der Waals surface area (Å²) >= 11 is 3.10. The Hall–Kier alpha value is -0.900. The van der Waals surface area contributed by atoms with E-state index in [1.54, 1.807) is 18.2 Å². The van der Waals surface area contributed by atoms with Gasteiger partial charge in [0.05, 0.1) is 10.2 Å². The second-order valence-electron chi connectivity index (χ2n) is 3.36. The maximum Gasteiger partial charge on any atom is 0.146 e. The van der Waals surface area contributed by atoms with Crippen LogP contribution in [-0.4, -0.2) is 10.9 Å². The first-order valence-electron chi connectivity index (χ1n) is 4.40. The van der Waals surface area contributed by atoms with Crippen LogP contribution in [0.2, 0.25) is 0 Å². The first kappa shape index (κ1) is 9.65. The Bertz CT molecular complexity index is 388. The molecule has 0 amide bonds. The summed E-state index contributed by atoms with van der Waals surface area (Å²) in [4.78, 5) is 0. The van der Waals surface area contributed by atoms with E-state index in [0.29, 0.717) is 15.7 Å². The van der Waals surface area contributed by atoms with E-state index in [9.17, 15) is 4.39 Å². The molecule has 4 heteroatoms.